The van der Waals surface area contributed by atoms with Crippen LogP contribution in [0.4, 0.5) is 4.79 Å². The van der Waals surface area contributed by atoms with E-state index in [2.05, 4.69) is 32.2 Å². The third kappa shape index (κ3) is 2.88. The number of allylic oxidation sites excluding steroid dienone is 1. The van der Waals surface area contributed by atoms with Gasteiger partial charge in [0.2, 0.25) is 0 Å². The summed E-state index contributed by atoms with van der Waals surface area (Å²) >= 11 is 0. The lowest BCUT2D eigenvalue weighted by molar-refractivity contribution is 0.00277. The molecule has 0 aromatic heterocycles. The molecule has 22 heavy (non-hydrogen) atoms. The molecule has 0 radical (unpaired) electrons. The average molecular weight is 309 g/mol. The van der Waals surface area contributed by atoms with E-state index in [1.165, 1.54) is 5.57 Å². The normalized spacial score (nSPS) is 42.6. The van der Waals surface area contributed by atoms with Gasteiger partial charge in [0.1, 0.15) is 6.10 Å². The van der Waals surface area contributed by atoms with Crippen LogP contribution in [-0.2, 0) is 14.2 Å². The largest absolute Gasteiger partial charge is 0.446 e. The zero-order chi connectivity index (χ0) is 16.0. The molecular formula is C17H27NO4. The van der Waals surface area contributed by atoms with Gasteiger partial charge in [-0.25, -0.2) is 4.79 Å². The number of hydrogen-bond donors (Lipinski definition) is 1. The number of carbonyl (C=O) groups excluding carboxylic acids is 1. The van der Waals surface area contributed by atoms with E-state index in [1.54, 1.807) is 7.05 Å². The van der Waals surface area contributed by atoms with Crippen molar-refractivity contribution in [1.82, 2.24) is 5.32 Å². The van der Waals surface area contributed by atoms with Crippen LogP contribution in [0.1, 0.15) is 46.5 Å². The highest BCUT2D eigenvalue weighted by Gasteiger charge is 2.68. The Bertz CT molecular complexity index is 481. The van der Waals surface area contributed by atoms with Crippen molar-refractivity contribution < 1.29 is 19.0 Å². The molecule has 5 nitrogen and oxygen atoms in total. The monoisotopic (exact) mass is 309 g/mol. The number of rotatable bonds is 4. The van der Waals surface area contributed by atoms with Gasteiger partial charge in [-0.05, 0) is 46.5 Å². The molecule has 5 atom stereocenters. The number of carbonyl (C=O) groups is 1. The van der Waals surface area contributed by atoms with Crippen molar-refractivity contribution in [3.63, 3.8) is 0 Å². The molecule has 1 aliphatic carbocycles. The number of ether oxygens (including phenoxy) is 3. The molecule has 0 unspecified atom stereocenters. The van der Waals surface area contributed by atoms with E-state index in [0.717, 1.165) is 32.3 Å². The SMILES string of the molecule is CNC(=O)O[C@@H]1CC[C@]2(CO2)[C@@H]([C@@]2(C)O[C@@H]2CC=C(C)C)C1. The molecular weight excluding hydrogens is 282 g/mol. The van der Waals surface area contributed by atoms with Crippen LogP contribution in [0.5, 0.6) is 0 Å². The number of alkyl carbamates (subject to hydrolysis) is 1. The number of amides is 1. The van der Waals surface area contributed by atoms with Crippen LogP contribution in [0.2, 0.25) is 0 Å². The quantitative estimate of drug-likeness (QED) is 0.640. The standard InChI is InChI=1S/C17H27NO4/c1-11(2)5-6-14-16(3,22-14)13-9-12(21-15(19)18-4)7-8-17(13)10-20-17/h5,12-14H,6-10H2,1-4H3,(H,18,19)/t12-,13-,14-,16-,17+/m1/s1. The van der Waals surface area contributed by atoms with Crippen molar-refractivity contribution in [1.29, 1.82) is 0 Å². The van der Waals surface area contributed by atoms with Crippen LogP contribution >= 0.6 is 0 Å². The van der Waals surface area contributed by atoms with Gasteiger partial charge in [0, 0.05) is 13.0 Å². The lowest BCUT2D eigenvalue weighted by Gasteiger charge is -2.36. The van der Waals surface area contributed by atoms with Gasteiger partial charge in [-0.2, -0.15) is 0 Å². The first-order chi connectivity index (χ1) is 10.4. The smallest absolute Gasteiger partial charge is 0.407 e. The lowest BCUT2D eigenvalue weighted by Crippen LogP contribution is -2.45. The maximum absolute atomic E-state index is 11.5. The molecule has 2 heterocycles. The Morgan fingerprint density at radius 2 is 2.18 bits per heavy atom. The molecule has 3 rings (SSSR count). The molecule has 1 N–H and O–H groups in total. The summed E-state index contributed by atoms with van der Waals surface area (Å²) in [7, 11) is 1.59. The van der Waals surface area contributed by atoms with Crippen LogP contribution in [0, 0.1) is 5.92 Å². The maximum Gasteiger partial charge on any atom is 0.407 e. The van der Waals surface area contributed by atoms with E-state index in [1.807, 2.05) is 0 Å². The number of epoxide rings is 2. The summed E-state index contributed by atoms with van der Waals surface area (Å²) in [5.41, 5.74) is 1.14. The predicted molar refractivity (Wildman–Crippen MR) is 82.7 cm³/mol. The van der Waals surface area contributed by atoms with Gasteiger partial charge in [-0.1, -0.05) is 11.6 Å². The van der Waals surface area contributed by atoms with Crippen molar-refractivity contribution in [2.45, 2.75) is 69.9 Å². The molecule has 124 valence electrons. The first kappa shape index (κ1) is 15.8. The summed E-state index contributed by atoms with van der Waals surface area (Å²) in [5, 5.41) is 2.53. The maximum atomic E-state index is 11.5. The summed E-state index contributed by atoms with van der Waals surface area (Å²) in [6.07, 6.45) is 5.71. The van der Waals surface area contributed by atoms with Gasteiger partial charge in [-0.15, -0.1) is 0 Å². The summed E-state index contributed by atoms with van der Waals surface area (Å²) < 4.78 is 17.4. The van der Waals surface area contributed by atoms with E-state index in [4.69, 9.17) is 14.2 Å². The minimum absolute atomic E-state index is 0.0307. The highest BCUT2D eigenvalue weighted by atomic mass is 16.6. The predicted octanol–water partition coefficient (Wildman–Crippen LogP) is 2.79. The third-order valence-electron chi connectivity index (χ3n) is 5.43. The third-order valence-corrected chi connectivity index (χ3v) is 5.43. The van der Waals surface area contributed by atoms with Gasteiger partial charge in [0.15, 0.2) is 0 Å². The number of nitrogens with one attached hydrogen (secondary N) is 1. The summed E-state index contributed by atoms with van der Waals surface area (Å²) in [6.45, 7) is 7.23. The summed E-state index contributed by atoms with van der Waals surface area (Å²) in [4.78, 5) is 11.5. The van der Waals surface area contributed by atoms with Crippen molar-refractivity contribution in [3.05, 3.63) is 11.6 Å². The molecule has 5 heteroatoms. The van der Waals surface area contributed by atoms with Crippen LogP contribution in [0.25, 0.3) is 0 Å². The zero-order valence-electron chi connectivity index (χ0n) is 14.0. The molecule has 2 saturated heterocycles. The van der Waals surface area contributed by atoms with Gasteiger partial charge in [-0.3, -0.25) is 0 Å². The van der Waals surface area contributed by atoms with E-state index < -0.39 is 0 Å². The Hall–Kier alpha value is -1.07. The van der Waals surface area contributed by atoms with E-state index >= 15 is 0 Å². The second-order valence-electron chi connectivity index (χ2n) is 7.27. The molecule has 0 bridgehead atoms. The van der Waals surface area contributed by atoms with Gasteiger partial charge < -0.3 is 19.5 Å². The lowest BCUT2D eigenvalue weighted by atomic mass is 9.70. The molecule has 1 saturated carbocycles. The second kappa shape index (κ2) is 5.53. The molecule has 0 aromatic rings. The van der Waals surface area contributed by atoms with Crippen molar-refractivity contribution >= 4 is 6.09 Å². The first-order valence-corrected chi connectivity index (χ1v) is 8.23. The minimum atomic E-state index is -0.348. The van der Waals surface area contributed by atoms with Gasteiger partial charge >= 0.3 is 6.09 Å². The van der Waals surface area contributed by atoms with Crippen molar-refractivity contribution in [2.24, 2.45) is 5.92 Å². The van der Waals surface area contributed by atoms with Crippen LogP contribution in [0.3, 0.4) is 0 Å². The molecule has 1 spiro atoms. The zero-order valence-corrected chi connectivity index (χ0v) is 14.0. The van der Waals surface area contributed by atoms with E-state index in [-0.39, 0.29) is 29.5 Å². The van der Waals surface area contributed by atoms with E-state index in [9.17, 15) is 4.79 Å². The molecule has 3 fully saturated rings. The fraction of sp³-hybridized carbons (Fsp3) is 0.824. The van der Waals surface area contributed by atoms with Crippen LogP contribution in [0.15, 0.2) is 11.6 Å². The number of hydrogen-bond acceptors (Lipinski definition) is 4. The van der Waals surface area contributed by atoms with Crippen LogP contribution < -0.4 is 5.32 Å². The summed E-state index contributed by atoms with van der Waals surface area (Å²) in [6, 6.07) is 0. The molecule has 2 aliphatic heterocycles. The minimum Gasteiger partial charge on any atom is -0.446 e. The highest BCUT2D eigenvalue weighted by molar-refractivity contribution is 5.66. The Morgan fingerprint density at radius 1 is 1.45 bits per heavy atom. The fourth-order valence-corrected chi connectivity index (χ4v) is 3.89. The van der Waals surface area contributed by atoms with E-state index in [0.29, 0.717) is 5.92 Å². The van der Waals surface area contributed by atoms with Gasteiger partial charge in [0.25, 0.3) is 0 Å². The van der Waals surface area contributed by atoms with Crippen LogP contribution in [-0.4, -0.2) is 43.2 Å². The van der Waals surface area contributed by atoms with Gasteiger partial charge in [0.05, 0.1) is 23.9 Å². The average Bonchev–Trinajstić information content (AvgIpc) is 3.38. The summed E-state index contributed by atoms with van der Waals surface area (Å²) in [5.74, 6) is 0.305. The second-order valence-corrected chi connectivity index (χ2v) is 7.27. The fourth-order valence-electron chi connectivity index (χ4n) is 3.89. The Morgan fingerprint density at radius 3 is 2.77 bits per heavy atom. The molecule has 0 aromatic carbocycles. The Labute approximate surface area is 132 Å². The topological polar surface area (TPSA) is 63.4 Å². The first-order valence-electron chi connectivity index (χ1n) is 8.23. The highest BCUT2D eigenvalue weighted by Crippen LogP contribution is 2.59. The Kier molecular flexibility index (Phi) is 3.98. The van der Waals surface area contributed by atoms with Crippen molar-refractivity contribution in [3.8, 4) is 0 Å². The molecule has 3 aliphatic rings. The molecule has 1 amide bonds. The van der Waals surface area contributed by atoms with Crippen molar-refractivity contribution in [2.75, 3.05) is 13.7 Å². The Balaban J connectivity index is 1.65.